The maximum atomic E-state index is 15.5. The van der Waals surface area contributed by atoms with Gasteiger partial charge in [0, 0.05) is 34.0 Å². The lowest BCUT2D eigenvalue weighted by Gasteiger charge is -2.29. The number of halogens is 1. The molecular weight excluding hydrogens is 594 g/mol. The van der Waals surface area contributed by atoms with Crippen LogP contribution in [0, 0.1) is 5.82 Å². The van der Waals surface area contributed by atoms with Crippen LogP contribution in [0.3, 0.4) is 0 Å². The lowest BCUT2D eigenvalue weighted by Crippen LogP contribution is -2.37. The van der Waals surface area contributed by atoms with Crippen molar-refractivity contribution in [3.63, 3.8) is 0 Å². The molecule has 0 aliphatic rings. The number of hydrogen-bond donors (Lipinski definition) is 0. The van der Waals surface area contributed by atoms with Gasteiger partial charge in [0.15, 0.2) is 11.6 Å². The number of nitrogens with zero attached hydrogens (tertiary/aromatic N) is 3. The van der Waals surface area contributed by atoms with Crippen molar-refractivity contribution in [2.24, 2.45) is 0 Å². The Balaban J connectivity index is 1.39. The highest BCUT2D eigenvalue weighted by Crippen LogP contribution is 2.47. The summed E-state index contributed by atoms with van der Waals surface area (Å²) in [6, 6.07) is 50.2. The van der Waals surface area contributed by atoms with Gasteiger partial charge in [-0.3, -0.25) is 4.90 Å². The molecule has 0 radical (unpaired) electrons. The lowest BCUT2D eigenvalue weighted by molar-refractivity contribution is 0.623. The minimum absolute atomic E-state index is 0.270. The Morgan fingerprint density at radius 2 is 0.979 bits per heavy atom. The maximum Gasteiger partial charge on any atom is 0.174 e. The zero-order valence-corrected chi connectivity index (χ0v) is 27.7. The number of pyridine rings is 1. The summed E-state index contributed by atoms with van der Waals surface area (Å²) < 4.78 is 15.5. The Kier molecular flexibility index (Phi) is 7.00. The van der Waals surface area contributed by atoms with Crippen molar-refractivity contribution in [1.29, 1.82) is 0 Å². The zero-order chi connectivity index (χ0) is 32.1. The number of hydrogen-bond acceptors (Lipinski definition) is 3. The first-order valence-electron chi connectivity index (χ1n) is 16.0. The molecule has 3 nitrogen and oxygen atoms in total. The van der Waals surface area contributed by atoms with E-state index in [1.165, 1.54) is 16.6 Å². The Bertz CT molecular complexity index is 2350. The van der Waals surface area contributed by atoms with Crippen LogP contribution in [0.5, 0.6) is 0 Å². The monoisotopic (exact) mass is 627 g/mol. The number of para-hydroxylation sites is 2. The van der Waals surface area contributed by atoms with E-state index in [1.807, 2.05) is 35.2 Å². The van der Waals surface area contributed by atoms with Crippen LogP contribution < -0.4 is 15.0 Å². The molecule has 1 aromatic heterocycles. The van der Waals surface area contributed by atoms with Crippen LogP contribution in [0.25, 0.3) is 32.3 Å². The van der Waals surface area contributed by atoms with E-state index in [1.54, 1.807) is 12.3 Å². The van der Waals surface area contributed by atoms with Gasteiger partial charge in [0.2, 0.25) is 0 Å². The highest BCUT2D eigenvalue weighted by molar-refractivity contribution is 6.88. The third-order valence-electron chi connectivity index (χ3n) is 9.07. The Morgan fingerprint density at radius 1 is 0.489 bits per heavy atom. The van der Waals surface area contributed by atoms with Gasteiger partial charge in [-0.1, -0.05) is 110 Å². The molecule has 0 atom stereocenters. The first-order chi connectivity index (χ1) is 22.9. The second-order valence-electron chi connectivity index (χ2n) is 13.0. The van der Waals surface area contributed by atoms with Gasteiger partial charge in [0.1, 0.15) is 0 Å². The molecule has 0 aliphatic carbocycles. The predicted octanol–water partition coefficient (Wildman–Crippen LogP) is 11.6. The average molecular weight is 628 g/mol. The molecule has 0 amide bonds. The van der Waals surface area contributed by atoms with Gasteiger partial charge >= 0.3 is 0 Å². The second kappa shape index (κ2) is 11.4. The topological polar surface area (TPSA) is 19.4 Å². The molecular formula is C42H34FN3Si. The summed E-state index contributed by atoms with van der Waals surface area (Å²) in [4.78, 5) is 8.80. The Morgan fingerprint density at radius 3 is 1.51 bits per heavy atom. The van der Waals surface area contributed by atoms with Gasteiger partial charge in [-0.25, -0.2) is 9.37 Å². The Labute approximate surface area is 275 Å². The molecule has 0 bridgehead atoms. The molecule has 7 aromatic carbocycles. The summed E-state index contributed by atoms with van der Waals surface area (Å²) in [6.07, 6.45) is 1.64. The van der Waals surface area contributed by atoms with E-state index in [4.69, 9.17) is 0 Å². The van der Waals surface area contributed by atoms with Gasteiger partial charge < -0.3 is 4.90 Å². The van der Waals surface area contributed by atoms with Crippen LogP contribution in [0.4, 0.5) is 38.6 Å². The minimum atomic E-state index is -1.46. The second-order valence-corrected chi connectivity index (χ2v) is 18.1. The molecule has 0 saturated heterocycles. The molecule has 0 saturated carbocycles. The normalized spacial score (nSPS) is 11.8. The fourth-order valence-corrected chi connectivity index (χ4v) is 7.94. The summed E-state index contributed by atoms with van der Waals surface area (Å²) >= 11 is 0. The predicted molar refractivity (Wildman–Crippen MR) is 200 cm³/mol. The van der Waals surface area contributed by atoms with Crippen molar-refractivity contribution in [3.05, 3.63) is 158 Å². The third-order valence-corrected chi connectivity index (χ3v) is 11.1. The van der Waals surface area contributed by atoms with Gasteiger partial charge in [0.05, 0.1) is 19.4 Å². The van der Waals surface area contributed by atoms with Crippen molar-refractivity contribution in [2.75, 3.05) is 9.80 Å². The van der Waals surface area contributed by atoms with Crippen LogP contribution in [0.2, 0.25) is 19.6 Å². The Hall–Kier alpha value is -5.52. The molecule has 8 rings (SSSR count). The quantitative estimate of drug-likeness (QED) is 0.129. The van der Waals surface area contributed by atoms with Gasteiger partial charge in [-0.15, -0.1) is 0 Å². The molecule has 5 heteroatoms. The smallest absolute Gasteiger partial charge is 0.174 e. The van der Waals surface area contributed by atoms with Gasteiger partial charge in [-0.05, 0) is 82.2 Å². The first-order valence-corrected chi connectivity index (χ1v) is 19.5. The van der Waals surface area contributed by atoms with E-state index >= 15 is 4.39 Å². The van der Waals surface area contributed by atoms with E-state index in [0.717, 1.165) is 55.4 Å². The molecule has 1 heterocycles. The fourth-order valence-electron chi connectivity index (χ4n) is 6.77. The summed E-state index contributed by atoms with van der Waals surface area (Å²) in [7, 11) is -1.46. The largest absolute Gasteiger partial charge is 0.310 e. The fraction of sp³-hybridized carbons (Fsp3) is 0.0714. The number of aromatic nitrogens is 1. The van der Waals surface area contributed by atoms with Crippen LogP contribution in [-0.4, -0.2) is 13.1 Å². The molecule has 8 aromatic rings. The molecule has 0 aliphatic heterocycles. The van der Waals surface area contributed by atoms with Crippen molar-refractivity contribution >= 4 is 79.8 Å². The summed E-state index contributed by atoms with van der Waals surface area (Å²) in [5.41, 5.74) is 5.06. The number of anilines is 6. The van der Waals surface area contributed by atoms with Crippen molar-refractivity contribution in [3.8, 4) is 0 Å². The highest BCUT2D eigenvalue weighted by Gasteiger charge is 2.24. The van der Waals surface area contributed by atoms with Crippen LogP contribution in [-0.2, 0) is 0 Å². The molecule has 0 unspecified atom stereocenters. The number of benzene rings is 7. The summed E-state index contributed by atoms with van der Waals surface area (Å²) in [5.74, 6) is -0.102. The van der Waals surface area contributed by atoms with E-state index in [-0.39, 0.29) is 11.6 Å². The highest BCUT2D eigenvalue weighted by atomic mass is 28.3. The van der Waals surface area contributed by atoms with Crippen LogP contribution in [0.15, 0.2) is 152 Å². The molecule has 0 fully saturated rings. The standard InChI is InChI=1S/C42H34FN3Si/c1-47(2,3)34-22-20-33(21-23-34)45(31-11-6-4-7-12-31)38-26-18-29-17-25-36-39(27-19-30-16-24-35(38)40(29)41(30)36)46(32-13-8-5-9-14-32)42-37(43)15-10-28-44-42/h4-28H,1-3H3. The minimum Gasteiger partial charge on any atom is -0.310 e. The van der Waals surface area contributed by atoms with E-state index in [0.29, 0.717) is 0 Å². The zero-order valence-electron chi connectivity index (χ0n) is 26.7. The van der Waals surface area contributed by atoms with Gasteiger partial charge in [-0.2, -0.15) is 0 Å². The van der Waals surface area contributed by atoms with Crippen LogP contribution in [0.1, 0.15) is 0 Å². The van der Waals surface area contributed by atoms with E-state index in [2.05, 4.69) is 133 Å². The third kappa shape index (κ3) is 5.00. The molecule has 228 valence electrons. The van der Waals surface area contributed by atoms with Crippen molar-refractivity contribution < 1.29 is 4.39 Å². The van der Waals surface area contributed by atoms with Gasteiger partial charge in [0.25, 0.3) is 0 Å². The lowest BCUT2D eigenvalue weighted by atomic mass is 9.92. The number of rotatable bonds is 7. The maximum absolute atomic E-state index is 15.5. The SMILES string of the molecule is C[Si](C)(C)c1ccc(N(c2ccccc2)c2ccc3ccc4c(N(c5ccccc5)c5ncccc5F)ccc5ccc2c3c54)cc1. The van der Waals surface area contributed by atoms with Crippen molar-refractivity contribution in [1.82, 2.24) is 4.98 Å². The summed E-state index contributed by atoms with van der Waals surface area (Å²) in [5, 5.41) is 8.27. The molecule has 0 N–H and O–H groups in total. The first kappa shape index (κ1) is 28.9. The molecule has 47 heavy (non-hydrogen) atoms. The van der Waals surface area contributed by atoms with E-state index < -0.39 is 8.07 Å². The molecule has 0 spiro atoms. The van der Waals surface area contributed by atoms with E-state index in [9.17, 15) is 0 Å². The van der Waals surface area contributed by atoms with Crippen LogP contribution >= 0.6 is 0 Å². The average Bonchev–Trinajstić information content (AvgIpc) is 3.10. The summed E-state index contributed by atoms with van der Waals surface area (Å²) in [6.45, 7) is 7.15. The van der Waals surface area contributed by atoms with Crippen molar-refractivity contribution in [2.45, 2.75) is 19.6 Å².